The summed E-state index contributed by atoms with van der Waals surface area (Å²) >= 11 is 0. The molecule has 0 radical (unpaired) electrons. The molecule has 0 bridgehead atoms. The number of carboxylic acid groups (broad SMARTS) is 1. The van der Waals surface area contributed by atoms with E-state index in [1.54, 1.807) is 0 Å². The molecular weight excluding hydrogens is 327 g/mol. The molecule has 0 spiro atoms. The van der Waals surface area contributed by atoms with Gasteiger partial charge in [0.2, 0.25) is 10.0 Å². The van der Waals surface area contributed by atoms with Gasteiger partial charge in [-0.3, -0.25) is 9.10 Å². The van der Waals surface area contributed by atoms with Crippen LogP contribution in [0.2, 0.25) is 0 Å². The van der Waals surface area contributed by atoms with Gasteiger partial charge in [-0.2, -0.15) is 0 Å². The van der Waals surface area contributed by atoms with Crippen LogP contribution in [0, 0.1) is 5.82 Å². The summed E-state index contributed by atoms with van der Waals surface area (Å²) in [6.07, 6.45) is 1.49. The summed E-state index contributed by atoms with van der Waals surface area (Å²) in [5.74, 6) is -3.17. The standard InChI is InChI=1S/C14H19FN2O5S/c1-5-6-16(2)13(18)10-7-9(14(19)20)8-11(12(10)15)17(3)23(4,21)22/h7-8H,5-6H2,1-4H3,(H,19,20). The lowest BCUT2D eigenvalue weighted by Crippen LogP contribution is -2.30. The molecule has 1 aromatic rings. The van der Waals surface area contributed by atoms with Crippen molar-refractivity contribution in [2.24, 2.45) is 0 Å². The molecule has 0 heterocycles. The van der Waals surface area contributed by atoms with Crippen molar-refractivity contribution in [3.63, 3.8) is 0 Å². The number of carboxylic acids is 1. The molecular formula is C14H19FN2O5S. The molecule has 0 atom stereocenters. The van der Waals surface area contributed by atoms with Crippen LogP contribution in [0.15, 0.2) is 12.1 Å². The van der Waals surface area contributed by atoms with E-state index in [-0.39, 0.29) is 5.56 Å². The number of rotatable bonds is 6. The van der Waals surface area contributed by atoms with Crippen LogP contribution in [0.4, 0.5) is 10.1 Å². The summed E-state index contributed by atoms with van der Waals surface area (Å²) in [5.41, 5.74) is -1.34. The maximum atomic E-state index is 14.6. The summed E-state index contributed by atoms with van der Waals surface area (Å²) in [6.45, 7) is 2.18. The Hall–Kier alpha value is -2.16. The molecule has 0 aromatic heterocycles. The van der Waals surface area contributed by atoms with Gasteiger partial charge in [-0.25, -0.2) is 17.6 Å². The highest BCUT2D eigenvalue weighted by Crippen LogP contribution is 2.26. The van der Waals surface area contributed by atoms with E-state index >= 15 is 0 Å². The van der Waals surface area contributed by atoms with Crippen molar-refractivity contribution in [3.8, 4) is 0 Å². The van der Waals surface area contributed by atoms with Gasteiger partial charge in [-0.15, -0.1) is 0 Å². The molecule has 23 heavy (non-hydrogen) atoms. The van der Waals surface area contributed by atoms with Crippen LogP contribution in [0.25, 0.3) is 0 Å². The Morgan fingerprint density at radius 2 is 1.83 bits per heavy atom. The third-order valence-electron chi connectivity index (χ3n) is 3.27. The number of carbonyl (C=O) groups is 2. The van der Waals surface area contributed by atoms with Crippen molar-refractivity contribution in [1.29, 1.82) is 0 Å². The molecule has 0 saturated heterocycles. The van der Waals surface area contributed by atoms with Crippen molar-refractivity contribution in [2.45, 2.75) is 13.3 Å². The van der Waals surface area contributed by atoms with E-state index < -0.39 is 39.0 Å². The van der Waals surface area contributed by atoms with E-state index in [4.69, 9.17) is 5.11 Å². The number of hydrogen-bond acceptors (Lipinski definition) is 4. The second-order valence-electron chi connectivity index (χ2n) is 5.12. The second kappa shape index (κ2) is 6.95. The molecule has 1 rings (SSSR count). The largest absolute Gasteiger partial charge is 0.478 e. The molecule has 0 aliphatic heterocycles. The van der Waals surface area contributed by atoms with E-state index in [1.165, 1.54) is 11.9 Å². The predicted molar refractivity (Wildman–Crippen MR) is 83.9 cm³/mol. The van der Waals surface area contributed by atoms with Gasteiger partial charge in [0.15, 0.2) is 5.82 Å². The van der Waals surface area contributed by atoms with Crippen LogP contribution in [0.3, 0.4) is 0 Å². The Kier molecular flexibility index (Phi) is 5.70. The fourth-order valence-electron chi connectivity index (χ4n) is 1.94. The molecule has 9 heteroatoms. The highest BCUT2D eigenvalue weighted by atomic mass is 32.2. The van der Waals surface area contributed by atoms with Gasteiger partial charge < -0.3 is 10.0 Å². The lowest BCUT2D eigenvalue weighted by molar-refractivity contribution is 0.0697. The zero-order chi connectivity index (χ0) is 17.9. The predicted octanol–water partition coefficient (Wildman–Crippen LogP) is 1.40. The number of aromatic carboxylic acids is 1. The molecule has 0 saturated carbocycles. The van der Waals surface area contributed by atoms with Crippen LogP contribution < -0.4 is 4.31 Å². The number of sulfonamides is 1. The SMILES string of the molecule is CCCN(C)C(=O)c1cc(C(=O)O)cc(N(C)S(C)(=O)=O)c1F. The minimum atomic E-state index is -3.82. The topological polar surface area (TPSA) is 95.0 Å². The average Bonchev–Trinajstić information content (AvgIpc) is 2.45. The zero-order valence-electron chi connectivity index (χ0n) is 13.3. The van der Waals surface area contributed by atoms with E-state index in [1.807, 2.05) is 6.92 Å². The van der Waals surface area contributed by atoms with Gasteiger partial charge >= 0.3 is 5.97 Å². The lowest BCUT2D eigenvalue weighted by atomic mass is 10.1. The average molecular weight is 346 g/mol. The molecule has 1 N–H and O–H groups in total. The van der Waals surface area contributed by atoms with Crippen LogP contribution >= 0.6 is 0 Å². The number of carbonyl (C=O) groups excluding carboxylic acids is 1. The molecule has 0 aliphatic rings. The van der Waals surface area contributed by atoms with E-state index in [9.17, 15) is 22.4 Å². The van der Waals surface area contributed by atoms with Crippen molar-refractivity contribution in [2.75, 3.05) is 31.2 Å². The first-order valence-corrected chi connectivity index (χ1v) is 8.61. The van der Waals surface area contributed by atoms with Gasteiger partial charge in [-0.1, -0.05) is 6.92 Å². The van der Waals surface area contributed by atoms with Gasteiger partial charge in [0.1, 0.15) is 0 Å². The van der Waals surface area contributed by atoms with E-state index in [0.29, 0.717) is 17.3 Å². The normalized spacial score (nSPS) is 11.2. The number of nitrogens with zero attached hydrogens (tertiary/aromatic N) is 2. The van der Waals surface area contributed by atoms with Crippen molar-refractivity contribution in [1.82, 2.24) is 4.90 Å². The minimum absolute atomic E-state index is 0.354. The molecule has 0 unspecified atom stereocenters. The van der Waals surface area contributed by atoms with E-state index in [2.05, 4.69) is 0 Å². The fourth-order valence-corrected chi connectivity index (χ4v) is 2.43. The van der Waals surface area contributed by atoms with Gasteiger partial charge in [0.05, 0.1) is 23.1 Å². The van der Waals surface area contributed by atoms with Gasteiger partial charge in [-0.05, 0) is 18.6 Å². The van der Waals surface area contributed by atoms with Crippen LogP contribution in [0.5, 0.6) is 0 Å². The Morgan fingerprint density at radius 1 is 1.26 bits per heavy atom. The van der Waals surface area contributed by atoms with Gasteiger partial charge in [0.25, 0.3) is 5.91 Å². The second-order valence-corrected chi connectivity index (χ2v) is 7.13. The smallest absolute Gasteiger partial charge is 0.335 e. The first-order valence-electron chi connectivity index (χ1n) is 6.76. The van der Waals surface area contributed by atoms with Crippen molar-refractivity contribution >= 4 is 27.6 Å². The molecule has 7 nitrogen and oxygen atoms in total. The fraction of sp³-hybridized carbons (Fsp3) is 0.429. The first kappa shape index (κ1) is 18.9. The van der Waals surface area contributed by atoms with Crippen LogP contribution in [0.1, 0.15) is 34.1 Å². The number of hydrogen-bond donors (Lipinski definition) is 1. The third-order valence-corrected chi connectivity index (χ3v) is 4.46. The number of amides is 1. The maximum absolute atomic E-state index is 14.6. The van der Waals surface area contributed by atoms with E-state index in [0.717, 1.165) is 25.4 Å². The third kappa shape index (κ3) is 4.19. The van der Waals surface area contributed by atoms with Crippen LogP contribution in [-0.2, 0) is 10.0 Å². The highest BCUT2D eigenvalue weighted by Gasteiger charge is 2.26. The zero-order valence-corrected chi connectivity index (χ0v) is 14.1. The van der Waals surface area contributed by atoms with Crippen molar-refractivity contribution in [3.05, 3.63) is 29.1 Å². The first-order chi connectivity index (χ1) is 10.5. The Balaban J connectivity index is 3.56. The van der Waals surface area contributed by atoms with Crippen molar-refractivity contribution < 1.29 is 27.5 Å². The summed E-state index contributed by atoms with van der Waals surface area (Å²) in [6, 6.07) is 1.79. The maximum Gasteiger partial charge on any atom is 0.335 e. The molecule has 0 fully saturated rings. The molecule has 1 aromatic carbocycles. The van der Waals surface area contributed by atoms with Crippen LogP contribution in [-0.4, -0.2) is 57.2 Å². The summed E-state index contributed by atoms with van der Waals surface area (Å²) in [4.78, 5) is 24.7. The molecule has 1 amide bonds. The minimum Gasteiger partial charge on any atom is -0.478 e. The number of halogens is 1. The summed E-state index contributed by atoms with van der Waals surface area (Å²) in [5, 5.41) is 9.12. The Bertz CT molecular complexity index is 733. The number of anilines is 1. The highest BCUT2D eigenvalue weighted by molar-refractivity contribution is 7.92. The van der Waals surface area contributed by atoms with Gasteiger partial charge in [0, 0.05) is 20.6 Å². The Morgan fingerprint density at radius 3 is 2.26 bits per heavy atom. The summed E-state index contributed by atoms with van der Waals surface area (Å²) in [7, 11) is -1.27. The molecule has 0 aliphatic carbocycles. The number of benzene rings is 1. The molecule has 128 valence electrons. The lowest BCUT2D eigenvalue weighted by Gasteiger charge is -2.21. The monoisotopic (exact) mass is 346 g/mol. The quantitative estimate of drug-likeness (QED) is 0.840. The Labute approximate surface area is 134 Å². The summed E-state index contributed by atoms with van der Waals surface area (Å²) < 4.78 is 38.4.